The van der Waals surface area contributed by atoms with Gasteiger partial charge in [0, 0.05) is 0 Å². The summed E-state index contributed by atoms with van der Waals surface area (Å²) >= 11 is 0. The average Bonchev–Trinajstić information content (AvgIpc) is 2.77. The van der Waals surface area contributed by atoms with Crippen LogP contribution in [-0.4, -0.2) is 13.1 Å². The summed E-state index contributed by atoms with van der Waals surface area (Å²) in [5.74, 6) is 0.736. The third-order valence-corrected chi connectivity index (χ3v) is 4.06. The first kappa shape index (κ1) is 12.4. The molecule has 1 fully saturated rings. The van der Waals surface area contributed by atoms with Crippen molar-refractivity contribution in [2.75, 3.05) is 13.1 Å². The number of hydrogen-bond acceptors (Lipinski definition) is 1. The minimum atomic E-state index is 0.736. The first-order valence-electron chi connectivity index (χ1n) is 7.29. The third kappa shape index (κ3) is 3.05. The van der Waals surface area contributed by atoms with Crippen molar-refractivity contribution in [3.63, 3.8) is 0 Å². The molecule has 1 aliphatic heterocycles. The van der Waals surface area contributed by atoms with Crippen LogP contribution < -0.4 is 5.32 Å². The van der Waals surface area contributed by atoms with Crippen LogP contribution in [0.1, 0.15) is 30.7 Å². The molecular formula is C18H21N. The van der Waals surface area contributed by atoms with Gasteiger partial charge < -0.3 is 5.32 Å². The molecule has 98 valence electrons. The summed E-state index contributed by atoms with van der Waals surface area (Å²) < 4.78 is 0. The Labute approximate surface area is 115 Å². The van der Waals surface area contributed by atoms with E-state index in [0.717, 1.165) is 12.5 Å². The lowest BCUT2D eigenvalue weighted by atomic mass is 9.91. The minimum Gasteiger partial charge on any atom is -0.317 e. The molecule has 0 aliphatic carbocycles. The fraction of sp³-hybridized carbons (Fsp3) is 0.333. The van der Waals surface area contributed by atoms with Gasteiger partial charge in [0.2, 0.25) is 0 Å². The van der Waals surface area contributed by atoms with Gasteiger partial charge in [-0.05, 0) is 55.0 Å². The van der Waals surface area contributed by atoms with Crippen molar-refractivity contribution in [2.45, 2.75) is 25.2 Å². The molecule has 1 heterocycles. The van der Waals surface area contributed by atoms with Gasteiger partial charge in [0.1, 0.15) is 0 Å². The Morgan fingerprint density at radius 2 is 1.47 bits per heavy atom. The zero-order valence-electron chi connectivity index (χ0n) is 11.3. The van der Waals surface area contributed by atoms with Gasteiger partial charge >= 0.3 is 0 Å². The molecule has 1 nitrogen and oxygen atoms in total. The van der Waals surface area contributed by atoms with Crippen LogP contribution in [0.15, 0.2) is 54.6 Å². The summed E-state index contributed by atoms with van der Waals surface area (Å²) in [6.07, 6.45) is 3.88. The molecule has 1 unspecified atom stereocenters. The number of nitrogens with one attached hydrogen (secondary N) is 1. The topological polar surface area (TPSA) is 12.0 Å². The van der Waals surface area contributed by atoms with Gasteiger partial charge in [0.05, 0.1) is 0 Å². The molecule has 0 saturated carbocycles. The zero-order chi connectivity index (χ0) is 12.9. The molecule has 1 atom stereocenters. The highest BCUT2D eigenvalue weighted by molar-refractivity contribution is 5.63. The van der Waals surface area contributed by atoms with E-state index >= 15 is 0 Å². The van der Waals surface area contributed by atoms with Crippen LogP contribution in [0.25, 0.3) is 11.1 Å². The van der Waals surface area contributed by atoms with Crippen molar-refractivity contribution in [1.29, 1.82) is 0 Å². The molecule has 0 spiro atoms. The largest absolute Gasteiger partial charge is 0.317 e. The lowest BCUT2D eigenvalue weighted by Crippen LogP contribution is -2.13. The van der Waals surface area contributed by atoms with Crippen molar-refractivity contribution in [1.82, 2.24) is 5.32 Å². The molecule has 0 radical (unpaired) electrons. The Balaban J connectivity index is 1.78. The third-order valence-electron chi connectivity index (χ3n) is 4.06. The van der Waals surface area contributed by atoms with Crippen LogP contribution in [-0.2, 0) is 0 Å². The van der Waals surface area contributed by atoms with E-state index in [0.29, 0.717) is 0 Å². The zero-order valence-corrected chi connectivity index (χ0v) is 11.3. The van der Waals surface area contributed by atoms with Crippen molar-refractivity contribution < 1.29 is 0 Å². The Morgan fingerprint density at radius 3 is 2.26 bits per heavy atom. The molecule has 1 N–H and O–H groups in total. The number of rotatable bonds is 2. The van der Waals surface area contributed by atoms with Gasteiger partial charge in [-0.2, -0.15) is 0 Å². The minimum absolute atomic E-state index is 0.736. The smallest absolute Gasteiger partial charge is 0.00431 e. The Bertz CT molecular complexity index is 493. The maximum Gasteiger partial charge on any atom is -0.00431 e. The van der Waals surface area contributed by atoms with Crippen molar-refractivity contribution in [3.05, 3.63) is 60.2 Å². The van der Waals surface area contributed by atoms with Crippen LogP contribution in [0.5, 0.6) is 0 Å². The van der Waals surface area contributed by atoms with Gasteiger partial charge in [-0.25, -0.2) is 0 Å². The summed E-state index contributed by atoms with van der Waals surface area (Å²) in [6, 6.07) is 19.8. The van der Waals surface area contributed by atoms with Crippen LogP contribution in [0.3, 0.4) is 0 Å². The van der Waals surface area contributed by atoms with Crippen molar-refractivity contribution in [3.8, 4) is 11.1 Å². The molecule has 1 saturated heterocycles. The van der Waals surface area contributed by atoms with Gasteiger partial charge in [0.25, 0.3) is 0 Å². The van der Waals surface area contributed by atoms with Crippen LogP contribution >= 0.6 is 0 Å². The molecule has 3 rings (SSSR count). The molecule has 19 heavy (non-hydrogen) atoms. The van der Waals surface area contributed by atoms with E-state index in [4.69, 9.17) is 0 Å². The first-order valence-corrected chi connectivity index (χ1v) is 7.29. The van der Waals surface area contributed by atoms with E-state index in [-0.39, 0.29) is 0 Å². The molecule has 2 aromatic rings. The van der Waals surface area contributed by atoms with Crippen molar-refractivity contribution in [2.24, 2.45) is 0 Å². The molecule has 0 aromatic heterocycles. The van der Waals surface area contributed by atoms with E-state index in [1.807, 2.05) is 0 Å². The second-order valence-corrected chi connectivity index (χ2v) is 5.37. The van der Waals surface area contributed by atoms with Gasteiger partial charge in [-0.1, -0.05) is 54.6 Å². The maximum absolute atomic E-state index is 3.48. The summed E-state index contributed by atoms with van der Waals surface area (Å²) in [4.78, 5) is 0. The fourth-order valence-corrected chi connectivity index (χ4v) is 2.93. The van der Waals surface area contributed by atoms with Crippen molar-refractivity contribution >= 4 is 0 Å². The molecule has 0 amide bonds. The SMILES string of the molecule is c1ccc(-c2ccc(C3CCCNCC3)cc2)cc1. The van der Waals surface area contributed by atoms with Crippen LogP contribution in [0.2, 0.25) is 0 Å². The molecule has 1 heteroatoms. The first-order chi connectivity index (χ1) is 9.43. The van der Waals surface area contributed by atoms with Crippen LogP contribution in [0.4, 0.5) is 0 Å². The summed E-state index contributed by atoms with van der Waals surface area (Å²) in [5, 5.41) is 3.48. The van der Waals surface area contributed by atoms with Gasteiger partial charge in [-0.15, -0.1) is 0 Å². The highest BCUT2D eigenvalue weighted by atomic mass is 14.8. The molecule has 2 aromatic carbocycles. The Kier molecular flexibility index (Phi) is 3.95. The highest BCUT2D eigenvalue weighted by Crippen LogP contribution is 2.28. The second kappa shape index (κ2) is 6.03. The quantitative estimate of drug-likeness (QED) is 0.843. The van der Waals surface area contributed by atoms with E-state index < -0.39 is 0 Å². The van der Waals surface area contributed by atoms with Crippen LogP contribution in [0, 0.1) is 0 Å². The summed E-state index contributed by atoms with van der Waals surface area (Å²) in [5.41, 5.74) is 4.12. The van der Waals surface area contributed by atoms with Gasteiger partial charge in [-0.3, -0.25) is 0 Å². The molecular weight excluding hydrogens is 230 g/mol. The maximum atomic E-state index is 3.48. The fourth-order valence-electron chi connectivity index (χ4n) is 2.93. The van der Waals surface area contributed by atoms with Gasteiger partial charge in [0.15, 0.2) is 0 Å². The standard InChI is InChI=1S/C18H21N/c1-2-5-15(6-3-1)17-8-10-18(11-9-17)16-7-4-13-19-14-12-16/h1-3,5-6,8-11,16,19H,4,7,12-14H2. The highest BCUT2D eigenvalue weighted by Gasteiger charge is 2.13. The average molecular weight is 251 g/mol. The number of hydrogen-bond donors (Lipinski definition) is 1. The molecule has 1 aliphatic rings. The summed E-state index contributed by atoms with van der Waals surface area (Å²) in [7, 11) is 0. The monoisotopic (exact) mass is 251 g/mol. The second-order valence-electron chi connectivity index (χ2n) is 5.37. The van der Waals surface area contributed by atoms with E-state index in [2.05, 4.69) is 59.9 Å². The van der Waals surface area contributed by atoms with E-state index in [1.165, 1.54) is 42.5 Å². The predicted octanol–water partition coefficient (Wildman–Crippen LogP) is 4.21. The lowest BCUT2D eigenvalue weighted by Gasteiger charge is -2.14. The Morgan fingerprint density at radius 1 is 0.737 bits per heavy atom. The van der Waals surface area contributed by atoms with E-state index in [1.54, 1.807) is 0 Å². The summed E-state index contributed by atoms with van der Waals surface area (Å²) in [6.45, 7) is 2.34. The number of benzene rings is 2. The predicted molar refractivity (Wildman–Crippen MR) is 81.3 cm³/mol. The Hall–Kier alpha value is -1.60. The molecule has 0 bridgehead atoms. The lowest BCUT2D eigenvalue weighted by molar-refractivity contribution is 0.609. The normalized spacial score (nSPS) is 19.9. The van der Waals surface area contributed by atoms with E-state index in [9.17, 15) is 0 Å².